The van der Waals surface area contributed by atoms with E-state index in [1.807, 2.05) is 31.2 Å². The Kier molecular flexibility index (Phi) is 5.45. The van der Waals surface area contributed by atoms with Crippen LogP contribution in [0, 0.1) is 6.92 Å². The molecule has 0 aliphatic rings. The predicted octanol–water partition coefficient (Wildman–Crippen LogP) is 4.17. The first-order valence-corrected chi connectivity index (χ1v) is 9.54. The third-order valence-electron chi connectivity index (χ3n) is 4.45. The van der Waals surface area contributed by atoms with E-state index in [0.29, 0.717) is 16.5 Å². The fraction of sp³-hybridized carbons (Fsp3) is 0.0909. The van der Waals surface area contributed by atoms with E-state index in [1.165, 1.54) is 10.8 Å². The van der Waals surface area contributed by atoms with Crippen LogP contribution in [0.25, 0.3) is 22.8 Å². The Bertz CT molecular complexity index is 1260. The maximum atomic E-state index is 12.8. The van der Waals surface area contributed by atoms with Crippen LogP contribution in [0.5, 0.6) is 0 Å². The number of pyridine rings is 1. The topological polar surface area (TPSA) is 90.0 Å². The smallest absolute Gasteiger partial charge is 0.263 e. The minimum absolute atomic E-state index is 0.0939. The Morgan fingerprint density at radius 2 is 1.87 bits per heavy atom. The number of hydrogen-bond acceptors (Lipinski definition) is 5. The summed E-state index contributed by atoms with van der Waals surface area (Å²) in [5.74, 6) is 0.0981. The molecular weight excluding hydrogens is 404 g/mol. The molecule has 0 bridgehead atoms. The van der Waals surface area contributed by atoms with Gasteiger partial charge in [-0.1, -0.05) is 58.7 Å². The summed E-state index contributed by atoms with van der Waals surface area (Å²) >= 11 is 6.06. The first-order valence-electron chi connectivity index (χ1n) is 9.16. The molecule has 2 aromatic carbocycles. The number of benzene rings is 2. The minimum Gasteiger partial charge on any atom is -0.333 e. The number of halogens is 1. The number of para-hydroxylation sites is 1. The molecule has 7 nitrogen and oxygen atoms in total. The van der Waals surface area contributed by atoms with Gasteiger partial charge in [-0.25, -0.2) is 0 Å². The summed E-state index contributed by atoms with van der Waals surface area (Å²) in [6.45, 7) is 1.80. The van der Waals surface area contributed by atoms with Gasteiger partial charge in [-0.2, -0.15) is 4.98 Å². The number of aryl methyl sites for hydroxylation is 1. The maximum Gasteiger partial charge on any atom is 0.263 e. The van der Waals surface area contributed by atoms with Gasteiger partial charge in [0.05, 0.1) is 10.7 Å². The number of nitrogens with zero attached hydrogens (tertiary/aromatic N) is 3. The normalized spacial score (nSPS) is 10.7. The van der Waals surface area contributed by atoms with E-state index in [0.717, 1.165) is 11.1 Å². The van der Waals surface area contributed by atoms with Crippen LogP contribution in [-0.4, -0.2) is 20.6 Å². The molecule has 0 atom stereocenters. The third-order valence-corrected chi connectivity index (χ3v) is 4.78. The first kappa shape index (κ1) is 19.6. The van der Waals surface area contributed by atoms with E-state index in [2.05, 4.69) is 15.5 Å². The molecule has 4 rings (SSSR count). The second-order valence-corrected chi connectivity index (χ2v) is 7.08. The van der Waals surface area contributed by atoms with Gasteiger partial charge in [0.2, 0.25) is 11.7 Å². The van der Waals surface area contributed by atoms with Crippen molar-refractivity contribution in [3.63, 3.8) is 0 Å². The third kappa shape index (κ3) is 4.16. The first-order chi connectivity index (χ1) is 14.5. The second-order valence-electron chi connectivity index (χ2n) is 6.67. The molecule has 150 valence electrons. The summed E-state index contributed by atoms with van der Waals surface area (Å²) < 4.78 is 6.57. The molecule has 8 heteroatoms. The van der Waals surface area contributed by atoms with Crippen LogP contribution < -0.4 is 10.9 Å². The molecule has 2 heterocycles. The molecule has 0 aliphatic heterocycles. The molecule has 2 aromatic heterocycles. The molecule has 0 unspecified atom stereocenters. The fourth-order valence-electron chi connectivity index (χ4n) is 2.88. The summed E-state index contributed by atoms with van der Waals surface area (Å²) in [7, 11) is 0. The van der Waals surface area contributed by atoms with Gasteiger partial charge in [0.1, 0.15) is 12.1 Å². The summed E-state index contributed by atoms with van der Waals surface area (Å²) in [5.41, 5.74) is 2.18. The molecule has 0 fully saturated rings. The zero-order valence-electron chi connectivity index (χ0n) is 16.0. The maximum absolute atomic E-state index is 12.8. The number of aromatic nitrogens is 3. The lowest BCUT2D eigenvalue weighted by Gasteiger charge is -2.09. The number of carbonyl (C=O) groups is 1. The van der Waals surface area contributed by atoms with Gasteiger partial charge < -0.3 is 14.4 Å². The van der Waals surface area contributed by atoms with Gasteiger partial charge in [-0.15, -0.1) is 0 Å². The van der Waals surface area contributed by atoms with Crippen LogP contribution in [0.3, 0.4) is 0 Å². The Morgan fingerprint density at radius 3 is 2.63 bits per heavy atom. The lowest BCUT2D eigenvalue weighted by molar-refractivity contribution is -0.116. The molecule has 0 aliphatic carbocycles. The highest BCUT2D eigenvalue weighted by atomic mass is 35.5. The molecule has 30 heavy (non-hydrogen) atoms. The van der Waals surface area contributed by atoms with Crippen molar-refractivity contribution in [1.29, 1.82) is 0 Å². The van der Waals surface area contributed by atoms with E-state index in [1.54, 1.807) is 36.4 Å². The van der Waals surface area contributed by atoms with Gasteiger partial charge in [0.25, 0.3) is 11.4 Å². The Balaban J connectivity index is 1.56. The van der Waals surface area contributed by atoms with Gasteiger partial charge in [0, 0.05) is 11.8 Å². The highest BCUT2D eigenvalue weighted by molar-refractivity contribution is 6.33. The molecule has 0 saturated heterocycles. The minimum atomic E-state index is -0.411. The van der Waals surface area contributed by atoms with Crippen LogP contribution >= 0.6 is 11.6 Å². The van der Waals surface area contributed by atoms with Crippen LogP contribution in [0.1, 0.15) is 5.56 Å². The molecule has 0 radical (unpaired) electrons. The summed E-state index contributed by atoms with van der Waals surface area (Å²) in [4.78, 5) is 29.5. The lowest BCUT2D eigenvalue weighted by Crippen LogP contribution is -2.28. The van der Waals surface area contributed by atoms with E-state index in [4.69, 9.17) is 16.1 Å². The molecular formula is C22H17ClN4O3. The van der Waals surface area contributed by atoms with E-state index in [9.17, 15) is 9.59 Å². The van der Waals surface area contributed by atoms with E-state index in [-0.39, 0.29) is 23.9 Å². The average Bonchev–Trinajstić information content (AvgIpc) is 3.22. The number of nitrogens with one attached hydrogen (secondary N) is 1. The van der Waals surface area contributed by atoms with E-state index < -0.39 is 5.56 Å². The van der Waals surface area contributed by atoms with Crippen LogP contribution in [0.2, 0.25) is 5.02 Å². The number of hydrogen-bond donors (Lipinski definition) is 1. The monoisotopic (exact) mass is 420 g/mol. The van der Waals surface area contributed by atoms with Crippen LogP contribution in [0.4, 0.5) is 5.69 Å². The molecule has 4 aromatic rings. The summed E-state index contributed by atoms with van der Waals surface area (Å²) in [5, 5.41) is 7.07. The van der Waals surface area contributed by atoms with Crippen molar-refractivity contribution < 1.29 is 9.32 Å². The van der Waals surface area contributed by atoms with E-state index >= 15 is 0 Å². The van der Waals surface area contributed by atoms with Gasteiger partial charge in [-0.3, -0.25) is 9.59 Å². The largest absolute Gasteiger partial charge is 0.333 e. The van der Waals surface area contributed by atoms with Crippen LogP contribution in [0.15, 0.2) is 76.2 Å². The molecule has 1 amide bonds. The second kappa shape index (κ2) is 8.34. The zero-order chi connectivity index (χ0) is 21.1. The molecule has 0 saturated carbocycles. The predicted molar refractivity (Wildman–Crippen MR) is 114 cm³/mol. The zero-order valence-corrected chi connectivity index (χ0v) is 16.8. The van der Waals surface area contributed by atoms with Crippen molar-refractivity contribution in [3.05, 3.63) is 87.8 Å². The van der Waals surface area contributed by atoms with Gasteiger partial charge >= 0.3 is 0 Å². The number of amides is 1. The van der Waals surface area contributed by atoms with Gasteiger partial charge in [-0.05, 0) is 31.2 Å². The summed E-state index contributed by atoms with van der Waals surface area (Å²) in [6.07, 6.45) is 1.52. The lowest BCUT2D eigenvalue weighted by atomic mass is 10.1. The van der Waals surface area contributed by atoms with Crippen LogP contribution in [-0.2, 0) is 11.3 Å². The van der Waals surface area contributed by atoms with Gasteiger partial charge in [0.15, 0.2) is 0 Å². The number of rotatable bonds is 5. The SMILES string of the molecule is Cc1ccc(-c2noc(-c3cccn(CC(=O)Nc4ccccc4Cl)c3=O)n2)cc1. The van der Waals surface area contributed by atoms with Crippen molar-refractivity contribution >= 4 is 23.2 Å². The van der Waals surface area contributed by atoms with Crippen molar-refractivity contribution in [2.75, 3.05) is 5.32 Å². The molecule has 1 N–H and O–H groups in total. The fourth-order valence-corrected chi connectivity index (χ4v) is 3.07. The number of anilines is 1. The molecule has 0 spiro atoms. The average molecular weight is 421 g/mol. The van der Waals surface area contributed by atoms with Crippen molar-refractivity contribution in [2.45, 2.75) is 13.5 Å². The Labute approximate surface area is 176 Å². The summed E-state index contributed by atoms with van der Waals surface area (Å²) in [6, 6.07) is 17.8. The highest BCUT2D eigenvalue weighted by Gasteiger charge is 2.16. The quantitative estimate of drug-likeness (QED) is 0.523. The standard InChI is InChI=1S/C22H17ClN4O3/c1-14-8-10-15(11-9-14)20-25-21(30-26-20)16-5-4-12-27(22(16)29)13-19(28)24-18-7-3-2-6-17(18)23/h2-12H,13H2,1H3,(H,24,28). The number of carbonyl (C=O) groups excluding carboxylic acids is 1. The van der Waals surface area contributed by atoms with Crippen molar-refractivity contribution in [3.8, 4) is 22.8 Å². The Hall–Kier alpha value is -3.71. The van der Waals surface area contributed by atoms with Crippen molar-refractivity contribution in [1.82, 2.24) is 14.7 Å². The van der Waals surface area contributed by atoms with Crippen molar-refractivity contribution in [2.24, 2.45) is 0 Å². The highest BCUT2D eigenvalue weighted by Crippen LogP contribution is 2.21. The Morgan fingerprint density at radius 1 is 1.10 bits per heavy atom.